The Morgan fingerprint density at radius 3 is 1.40 bits per heavy atom. The summed E-state index contributed by atoms with van der Waals surface area (Å²) < 4.78 is 0. The molecule has 220 valence electrons. The highest BCUT2D eigenvalue weighted by atomic mass is 35.5. The fourth-order valence-electron chi connectivity index (χ4n) is 3.11. The standard InChI is InChI=1S/C13H15Cl2NO4.C11H12Cl2N2O5/c1-7(18)8-2-4-9(5-3-8)11(19)10(6-17)16-13(20)12(14)15;12-10(13)11(18)14-8(5-16)9(17)6-1-3-7(4-2-6)15(19)20/h2-5,10-12,17,19H,6H2,1H3,(H,16,20);1-4,8-10,16-17H,5H2,(H,14,18)/t10-,11-;8-,9-/m11/s1. The van der Waals surface area contributed by atoms with E-state index in [4.69, 9.17) is 51.5 Å². The Labute approximate surface area is 249 Å². The number of ketones is 1. The van der Waals surface area contributed by atoms with Gasteiger partial charge < -0.3 is 31.1 Å². The van der Waals surface area contributed by atoms with Crippen LogP contribution in [-0.2, 0) is 9.59 Å². The van der Waals surface area contributed by atoms with Gasteiger partial charge in [0.05, 0.1) is 30.2 Å². The number of hydrogen-bond donors (Lipinski definition) is 6. The number of hydrogen-bond acceptors (Lipinski definition) is 9. The van der Waals surface area contributed by atoms with Crippen LogP contribution < -0.4 is 10.6 Å². The summed E-state index contributed by atoms with van der Waals surface area (Å²) >= 11 is 21.5. The molecule has 4 atom stereocenters. The van der Waals surface area contributed by atoms with E-state index in [-0.39, 0.29) is 11.5 Å². The molecular formula is C24H27Cl4N3O9. The van der Waals surface area contributed by atoms with Crippen molar-refractivity contribution in [1.29, 1.82) is 0 Å². The highest BCUT2D eigenvalue weighted by molar-refractivity contribution is 6.53. The fraction of sp³-hybridized carbons (Fsp3) is 0.375. The number of benzene rings is 2. The van der Waals surface area contributed by atoms with Crippen molar-refractivity contribution in [3.8, 4) is 0 Å². The van der Waals surface area contributed by atoms with Crippen LogP contribution in [0.4, 0.5) is 5.69 Å². The second-order valence-electron chi connectivity index (χ2n) is 8.11. The zero-order valence-corrected chi connectivity index (χ0v) is 23.8. The largest absolute Gasteiger partial charge is 0.394 e. The van der Waals surface area contributed by atoms with Gasteiger partial charge in [-0.05, 0) is 30.2 Å². The molecule has 12 nitrogen and oxygen atoms in total. The molecule has 2 amide bonds. The van der Waals surface area contributed by atoms with E-state index >= 15 is 0 Å². The molecule has 16 heteroatoms. The van der Waals surface area contributed by atoms with Crippen LogP contribution in [-0.4, -0.2) is 77.9 Å². The van der Waals surface area contributed by atoms with E-state index in [2.05, 4.69) is 10.6 Å². The van der Waals surface area contributed by atoms with Crippen LogP contribution in [0.2, 0.25) is 0 Å². The predicted molar refractivity (Wildman–Crippen MR) is 148 cm³/mol. The molecule has 2 aromatic carbocycles. The van der Waals surface area contributed by atoms with Crippen LogP contribution in [0, 0.1) is 10.1 Å². The Kier molecular flexibility index (Phi) is 15.3. The summed E-state index contributed by atoms with van der Waals surface area (Å²) in [7, 11) is 0. The van der Waals surface area contributed by atoms with E-state index in [0.29, 0.717) is 16.7 Å². The molecule has 6 N–H and O–H groups in total. The van der Waals surface area contributed by atoms with E-state index in [1.165, 1.54) is 31.2 Å². The zero-order valence-electron chi connectivity index (χ0n) is 20.8. The number of halogens is 4. The lowest BCUT2D eigenvalue weighted by molar-refractivity contribution is -0.384. The fourth-order valence-corrected chi connectivity index (χ4v) is 3.37. The number of nitro groups is 1. The number of nitrogens with zero attached hydrogens (tertiary/aromatic N) is 1. The number of aliphatic hydroxyl groups is 4. The number of carbonyl (C=O) groups is 3. The Bertz CT molecular complexity index is 1050. The van der Waals surface area contributed by atoms with E-state index in [1.54, 1.807) is 24.3 Å². The number of non-ortho nitro benzene ring substituents is 1. The molecule has 0 aliphatic heterocycles. The van der Waals surface area contributed by atoms with E-state index in [0.717, 1.165) is 0 Å². The first-order chi connectivity index (χ1) is 18.7. The van der Waals surface area contributed by atoms with E-state index in [9.17, 15) is 39.8 Å². The molecule has 0 bridgehead atoms. The number of carbonyl (C=O) groups excluding carboxylic acids is 3. The number of nitro benzene ring substituents is 1. The molecule has 0 saturated heterocycles. The number of nitrogens with one attached hydrogen (secondary N) is 2. The smallest absolute Gasteiger partial charge is 0.269 e. The van der Waals surface area contributed by atoms with Crippen LogP contribution in [0.1, 0.15) is 40.6 Å². The molecule has 0 unspecified atom stereocenters. The van der Waals surface area contributed by atoms with Gasteiger partial charge in [0, 0.05) is 17.7 Å². The van der Waals surface area contributed by atoms with Gasteiger partial charge in [-0.15, -0.1) is 0 Å². The first kappa shape index (κ1) is 35.5. The average Bonchev–Trinajstić information content (AvgIpc) is 2.93. The lowest BCUT2D eigenvalue weighted by Gasteiger charge is -2.23. The van der Waals surface area contributed by atoms with Crippen LogP contribution in [0.3, 0.4) is 0 Å². The first-order valence-electron chi connectivity index (χ1n) is 11.3. The first-order valence-corrected chi connectivity index (χ1v) is 13.1. The van der Waals surface area contributed by atoms with Crippen molar-refractivity contribution < 1.29 is 39.7 Å². The molecule has 40 heavy (non-hydrogen) atoms. The van der Waals surface area contributed by atoms with Gasteiger partial charge >= 0.3 is 0 Å². The Balaban J connectivity index is 0.000000400. The monoisotopic (exact) mass is 641 g/mol. The van der Waals surface area contributed by atoms with Crippen molar-refractivity contribution in [2.24, 2.45) is 0 Å². The highest BCUT2D eigenvalue weighted by Gasteiger charge is 2.26. The summed E-state index contributed by atoms with van der Waals surface area (Å²) in [5.41, 5.74) is 1.13. The minimum Gasteiger partial charge on any atom is -0.394 e. The predicted octanol–water partition coefficient (Wildman–Crippen LogP) is 2.11. The second kappa shape index (κ2) is 17.3. The normalized spacial score (nSPS) is 13.9. The summed E-state index contributed by atoms with van der Waals surface area (Å²) in [6.45, 7) is 0.398. The number of aliphatic hydroxyl groups excluding tert-OH is 4. The molecule has 0 aromatic heterocycles. The van der Waals surface area contributed by atoms with Crippen LogP contribution in [0.15, 0.2) is 48.5 Å². The summed E-state index contributed by atoms with van der Waals surface area (Å²) in [5, 5.41) is 53.6. The van der Waals surface area contributed by atoms with Crippen LogP contribution >= 0.6 is 46.4 Å². The van der Waals surface area contributed by atoms with Gasteiger partial charge in [-0.25, -0.2) is 0 Å². The Morgan fingerprint density at radius 2 is 1.12 bits per heavy atom. The summed E-state index contributed by atoms with van der Waals surface area (Å²) in [6.07, 6.45) is -2.39. The maximum atomic E-state index is 11.3. The third-order valence-corrected chi connectivity index (χ3v) is 6.10. The van der Waals surface area contributed by atoms with Gasteiger partial charge in [0.15, 0.2) is 15.5 Å². The van der Waals surface area contributed by atoms with Crippen LogP contribution in [0.25, 0.3) is 0 Å². The third kappa shape index (κ3) is 11.1. The van der Waals surface area contributed by atoms with Crippen molar-refractivity contribution in [2.75, 3.05) is 13.2 Å². The maximum absolute atomic E-state index is 11.3. The van der Waals surface area contributed by atoms with Gasteiger partial charge in [-0.2, -0.15) is 0 Å². The molecular weight excluding hydrogens is 616 g/mol. The lowest BCUT2D eigenvalue weighted by Crippen LogP contribution is -2.44. The second-order valence-corrected chi connectivity index (χ2v) is 10.3. The molecule has 0 aliphatic rings. The van der Waals surface area contributed by atoms with Gasteiger partial charge in [-0.3, -0.25) is 24.5 Å². The van der Waals surface area contributed by atoms with E-state index in [1.807, 2.05) is 0 Å². The SMILES string of the molecule is CC(=O)c1ccc([C@@H](O)[C@@H](CO)NC(=O)C(Cl)Cl)cc1.O=C(N[C@H](CO)[C@H](O)c1ccc([N+](=O)[O-])cc1)C(Cl)Cl. The summed E-state index contributed by atoms with van der Waals surface area (Å²) in [5.74, 6) is -1.55. The maximum Gasteiger partial charge on any atom is 0.269 e. The summed E-state index contributed by atoms with van der Waals surface area (Å²) in [4.78, 5) is 41.1. The van der Waals surface area contributed by atoms with Crippen molar-refractivity contribution >= 4 is 69.7 Å². The van der Waals surface area contributed by atoms with Crippen LogP contribution in [0.5, 0.6) is 0 Å². The molecule has 0 saturated carbocycles. The number of Topliss-reactive ketones (excluding diaryl/α,β-unsaturated/α-hetero) is 1. The average molecular weight is 643 g/mol. The van der Waals surface area contributed by atoms with E-state index < -0.39 is 63.9 Å². The van der Waals surface area contributed by atoms with Crippen molar-refractivity contribution in [2.45, 2.75) is 40.9 Å². The van der Waals surface area contributed by atoms with Crippen molar-refractivity contribution in [3.05, 3.63) is 75.3 Å². The molecule has 0 fully saturated rings. The molecule has 0 spiro atoms. The molecule has 0 heterocycles. The Hall–Kier alpha value is -2.55. The van der Waals surface area contributed by atoms with Crippen molar-refractivity contribution in [1.82, 2.24) is 10.6 Å². The lowest BCUT2D eigenvalue weighted by atomic mass is 10.0. The third-order valence-electron chi connectivity index (χ3n) is 5.31. The number of amides is 2. The van der Waals surface area contributed by atoms with Gasteiger partial charge in [0.25, 0.3) is 17.5 Å². The minimum absolute atomic E-state index is 0.0924. The number of rotatable bonds is 12. The van der Waals surface area contributed by atoms with Crippen molar-refractivity contribution in [3.63, 3.8) is 0 Å². The summed E-state index contributed by atoms with van der Waals surface area (Å²) in [6, 6.07) is 9.33. The topological polar surface area (TPSA) is 199 Å². The van der Waals surface area contributed by atoms with Gasteiger partial charge in [0.1, 0.15) is 12.2 Å². The minimum atomic E-state index is -1.33. The zero-order chi connectivity index (χ0) is 30.6. The van der Waals surface area contributed by atoms with Gasteiger partial charge in [0.2, 0.25) is 0 Å². The Morgan fingerprint density at radius 1 is 0.775 bits per heavy atom. The van der Waals surface area contributed by atoms with Gasteiger partial charge in [-0.1, -0.05) is 70.7 Å². The quantitative estimate of drug-likeness (QED) is 0.0868. The number of alkyl halides is 4. The highest BCUT2D eigenvalue weighted by Crippen LogP contribution is 2.21. The molecule has 0 radical (unpaired) electrons. The molecule has 2 aromatic rings. The molecule has 0 aliphatic carbocycles. The molecule has 2 rings (SSSR count).